The van der Waals surface area contributed by atoms with Crippen molar-refractivity contribution >= 4 is 11.9 Å². The lowest BCUT2D eigenvalue weighted by atomic mass is 9.83. The molecule has 0 bridgehead atoms. The Morgan fingerprint density at radius 2 is 1.60 bits per heavy atom. The van der Waals surface area contributed by atoms with E-state index in [1.54, 1.807) is 13.8 Å². The van der Waals surface area contributed by atoms with Gasteiger partial charge in [-0.05, 0) is 40.2 Å². The Morgan fingerprint density at radius 1 is 1.10 bits per heavy atom. The molecule has 110 valence electrons. The van der Waals surface area contributed by atoms with Crippen LogP contribution in [-0.4, -0.2) is 23.5 Å². The van der Waals surface area contributed by atoms with Crippen LogP contribution in [0.4, 0.5) is 0 Å². The molecular weight excluding hydrogens is 254 g/mol. The molecular formula is C16H23NO3. The van der Waals surface area contributed by atoms with E-state index in [1.165, 1.54) is 0 Å². The first-order valence-corrected chi connectivity index (χ1v) is 6.66. The standard InChI is InChI=1S/C16H23NO3/c1-11-6-8-12(9-7-11)16(4,5)13(18)17-10-15(2,3)14(19)20/h6-9H,10H2,1-5H3,(H,17,18)(H,19,20). The molecule has 1 rings (SSSR count). The summed E-state index contributed by atoms with van der Waals surface area (Å²) in [6.45, 7) is 8.95. The van der Waals surface area contributed by atoms with Crippen molar-refractivity contribution in [2.75, 3.05) is 6.54 Å². The molecule has 4 nitrogen and oxygen atoms in total. The van der Waals surface area contributed by atoms with Gasteiger partial charge in [-0.1, -0.05) is 29.8 Å². The second-order valence-corrected chi connectivity index (χ2v) is 6.36. The van der Waals surface area contributed by atoms with Gasteiger partial charge in [-0.15, -0.1) is 0 Å². The summed E-state index contributed by atoms with van der Waals surface area (Å²) in [6, 6.07) is 7.78. The SMILES string of the molecule is Cc1ccc(C(C)(C)C(=O)NCC(C)(C)C(=O)O)cc1. The summed E-state index contributed by atoms with van der Waals surface area (Å²) in [5.74, 6) is -1.10. The summed E-state index contributed by atoms with van der Waals surface area (Å²) >= 11 is 0. The fourth-order valence-electron chi connectivity index (χ4n) is 1.70. The molecule has 0 unspecified atom stereocenters. The molecule has 1 aromatic carbocycles. The number of benzene rings is 1. The van der Waals surface area contributed by atoms with Crippen molar-refractivity contribution in [2.24, 2.45) is 5.41 Å². The Labute approximate surface area is 120 Å². The van der Waals surface area contributed by atoms with Crippen LogP contribution in [0.5, 0.6) is 0 Å². The molecule has 0 saturated heterocycles. The van der Waals surface area contributed by atoms with E-state index >= 15 is 0 Å². The first-order chi connectivity index (χ1) is 9.07. The number of hydrogen-bond donors (Lipinski definition) is 2. The predicted molar refractivity (Wildman–Crippen MR) is 78.6 cm³/mol. The number of carboxylic acid groups (broad SMARTS) is 1. The smallest absolute Gasteiger partial charge is 0.310 e. The second-order valence-electron chi connectivity index (χ2n) is 6.36. The number of carbonyl (C=O) groups is 2. The van der Waals surface area contributed by atoms with Crippen LogP contribution in [-0.2, 0) is 15.0 Å². The van der Waals surface area contributed by atoms with Crippen LogP contribution in [0.25, 0.3) is 0 Å². The summed E-state index contributed by atoms with van der Waals surface area (Å²) in [5.41, 5.74) is 0.382. The Morgan fingerprint density at radius 3 is 2.05 bits per heavy atom. The first kappa shape index (κ1) is 16.2. The number of carbonyl (C=O) groups excluding carboxylic acids is 1. The molecule has 0 fully saturated rings. The first-order valence-electron chi connectivity index (χ1n) is 6.66. The van der Waals surface area contributed by atoms with Crippen LogP contribution in [0.2, 0.25) is 0 Å². The van der Waals surface area contributed by atoms with Crippen LogP contribution >= 0.6 is 0 Å². The van der Waals surface area contributed by atoms with Gasteiger partial charge in [0.25, 0.3) is 0 Å². The van der Waals surface area contributed by atoms with Crippen LogP contribution in [0.3, 0.4) is 0 Å². The third kappa shape index (κ3) is 3.59. The van der Waals surface area contributed by atoms with Crippen molar-refractivity contribution in [3.8, 4) is 0 Å². The van der Waals surface area contributed by atoms with Crippen LogP contribution in [0, 0.1) is 12.3 Å². The molecule has 0 spiro atoms. The van der Waals surface area contributed by atoms with Gasteiger partial charge >= 0.3 is 5.97 Å². The van der Waals surface area contributed by atoms with E-state index in [0.717, 1.165) is 11.1 Å². The van der Waals surface area contributed by atoms with E-state index in [2.05, 4.69) is 5.32 Å². The van der Waals surface area contributed by atoms with E-state index in [1.807, 2.05) is 45.0 Å². The summed E-state index contributed by atoms with van der Waals surface area (Å²) in [6.07, 6.45) is 0. The molecule has 0 aliphatic heterocycles. The van der Waals surface area contributed by atoms with Gasteiger partial charge in [-0.25, -0.2) is 0 Å². The number of aryl methyl sites for hydroxylation is 1. The Bertz CT molecular complexity index is 501. The maximum atomic E-state index is 12.3. The fourth-order valence-corrected chi connectivity index (χ4v) is 1.70. The highest BCUT2D eigenvalue weighted by Gasteiger charge is 2.33. The van der Waals surface area contributed by atoms with E-state index in [0.29, 0.717) is 0 Å². The molecule has 0 saturated carbocycles. The highest BCUT2D eigenvalue weighted by Crippen LogP contribution is 2.24. The van der Waals surface area contributed by atoms with Crippen LogP contribution in [0.1, 0.15) is 38.8 Å². The van der Waals surface area contributed by atoms with E-state index < -0.39 is 16.8 Å². The largest absolute Gasteiger partial charge is 0.481 e. The summed E-state index contributed by atoms with van der Waals surface area (Å²) < 4.78 is 0. The molecule has 0 aliphatic rings. The zero-order valence-electron chi connectivity index (χ0n) is 12.8. The quantitative estimate of drug-likeness (QED) is 0.869. The van der Waals surface area contributed by atoms with Crippen LogP contribution < -0.4 is 5.32 Å². The highest BCUT2D eigenvalue weighted by molar-refractivity contribution is 5.88. The van der Waals surface area contributed by atoms with E-state index in [4.69, 9.17) is 5.11 Å². The number of amides is 1. The van der Waals surface area contributed by atoms with Crippen molar-refractivity contribution in [1.29, 1.82) is 0 Å². The minimum absolute atomic E-state index is 0.108. The number of carboxylic acids is 1. The summed E-state index contributed by atoms with van der Waals surface area (Å²) in [5, 5.41) is 11.8. The van der Waals surface area contributed by atoms with E-state index in [9.17, 15) is 9.59 Å². The van der Waals surface area contributed by atoms with Gasteiger partial charge in [-0.3, -0.25) is 9.59 Å². The predicted octanol–water partition coefficient (Wildman–Crippen LogP) is 2.50. The zero-order valence-corrected chi connectivity index (χ0v) is 12.8. The molecule has 0 heterocycles. The number of hydrogen-bond acceptors (Lipinski definition) is 2. The third-order valence-electron chi connectivity index (χ3n) is 3.61. The summed E-state index contributed by atoms with van der Waals surface area (Å²) in [7, 11) is 0. The van der Waals surface area contributed by atoms with E-state index in [-0.39, 0.29) is 12.5 Å². The molecule has 1 aromatic rings. The van der Waals surface area contributed by atoms with Gasteiger partial charge in [0.2, 0.25) is 5.91 Å². The van der Waals surface area contributed by atoms with Gasteiger partial charge in [0.1, 0.15) is 0 Å². The van der Waals surface area contributed by atoms with Gasteiger partial charge in [0.15, 0.2) is 0 Å². The highest BCUT2D eigenvalue weighted by atomic mass is 16.4. The van der Waals surface area contributed by atoms with Gasteiger partial charge in [0.05, 0.1) is 10.8 Å². The lowest BCUT2D eigenvalue weighted by molar-refractivity contribution is -0.146. The normalized spacial score (nSPS) is 12.1. The molecule has 1 amide bonds. The lowest BCUT2D eigenvalue weighted by Gasteiger charge is -2.27. The van der Waals surface area contributed by atoms with Gasteiger partial charge < -0.3 is 10.4 Å². The minimum Gasteiger partial charge on any atom is -0.481 e. The lowest BCUT2D eigenvalue weighted by Crippen LogP contribution is -2.45. The minimum atomic E-state index is -0.973. The zero-order chi connectivity index (χ0) is 15.6. The summed E-state index contributed by atoms with van der Waals surface area (Å²) in [4.78, 5) is 23.4. The van der Waals surface area contributed by atoms with Crippen molar-refractivity contribution in [3.63, 3.8) is 0 Å². The van der Waals surface area contributed by atoms with Crippen LogP contribution in [0.15, 0.2) is 24.3 Å². The van der Waals surface area contributed by atoms with Gasteiger partial charge in [-0.2, -0.15) is 0 Å². The molecule has 4 heteroatoms. The Kier molecular flexibility index (Phi) is 4.58. The molecule has 0 radical (unpaired) electrons. The molecule has 0 aromatic heterocycles. The van der Waals surface area contributed by atoms with Gasteiger partial charge in [0, 0.05) is 6.54 Å². The maximum absolute atomic E-state index is 12.3. The maximum Gasteiger partial charge on any atom is 0.310 e. The van der Waals surface area contributed by atoms with Crippen molar-refractivity contribution in [1.82, 2.24) is 5.32 Å². The molecule has 20 heavy (non-hydrogen) atoms. The third-order valence-corrected chi connectivity index (χ3v) is 3.61. The molecule has 0 atom stereocenters. The average Bonchev–Trinajstić information content (AvgIpc) is 2.36. The Hall–Kier alpha value is -1.84. The van der Waals surface area contributed by atoms with Crippen molar-refractivity contribution < 1.29 is 14.7 Å². The average molecular weight is 277 g/mol. The topological polar surface area (TPSA) is 66.4 Å². The number of aliphatic carboxylic acids is 1. The van der Waals surface area contributed by atoms with Crippen molar-refractivity contribution in [2.45, 2.75) is 40.0 Å². The monoisotopic (exact) mass is 277 g/mol. The number of nitrogens with one attached hydrogen (secondary N) is 1. The number of rotatable bonds is 5. The Balaban J connectivity index is 2.80. The second kappa shape index (κ2) is 5.65. The fraction of sp³-hybridized carbons (Fsp3) is 0.500. The molecule has 0 aliphatic carbocycles. The molecule has 2 N–H and O–H groups in total. The van der Waals surface area contributed by atoms with Crippen molar-refractivity contribution in [3.05, 3.63) is 35.4 Å².